The van der Waals surface area contributed by atoms with E-state index in [1.807, 2.05) is 42.6 Å². The first-order chi connectivity index (χ1) is 30.8. The van der Waals surface area contributed by atoms with Gasteiger partial charge in [0.25, 0.3) is 0 Å². The molecule has 6 heterocycles. The number of imidazole rings is 1. The molecule has 15 heteroatoms. The minimum Gasteiger partial charge on any atom is -0.383 e. The number of aliphatic hydroxyl groups is 2. The molecule has 4 aromatic rings. The van der Waals surface area contributed by atoms with Crippen LogP contribution in [0.1, 0.15) is 83.1 Å². The number of para-hydroxylation sites is 1. The van der Waals surface area contributed by atoms with Gasteiger partial charge >= 0.3 is 0 Å². The zero-order valence-electron chi connectivity index (χ0n) is 35.7. The van der Waals surface area contributed by atoms with Gasteiger partial charge in [-0.15, -0.1) is 0 Å². The summed E-state index contributed by atoms with van der Waals surface area (Å²) in [5.41, 5.74) is 5.78. The normalized spacial score (nSPS) is 31.1. The number of likely N-dealkylation sites (tertiary alicyclic amines) is 1. The van der Waals surface area contributed by atoms with Gasteiger partial charge in [0.05, 0.1) is 24.1 Å². The van der Waals surface area contributed by atoms with Crippen LogP contribution in [0, 0.1) is 17.8 Å². The van der Waals surface area contributed by atoms with E-state index in [2.05, 4.69) is 77.0 Å². The Hall–Kier alpha value is -5.35. The van der Waals surface area contributed by atoms with Crippen LogP contribution in [0.25, 0.3) is 11.2 Å². The van der Waals surface area contributed by atoms with Crippen LogP contribution in [0.5, 0.6) is 0 Å². The molecule has 2 amide bonds. The van der Waals surface area contributed by atoms with Crippen molar-refractivity contribution in [2.45, 2.75) is 120 Å². The van der Waals surface area contributed by atoms with E-state index in [0.717, 1.165) is 79.5 Å². The summed E-state index contributed by atoms with van der Waals surface area (Å²) in [6.07, 6.45) is 18.0. The fraction of sp³-hybridized carbons (Fsp3) is 0.521. The molecular weight excluding hydrogens is 795 g/mol. The Balaban J connectivity index is 0.673. The van der Waals surface area contributed by atoms with Gasteiger partial charge in [-0.3, -0.25) is 29.3 Å². The molecule has 7 aliphatic rings. The van der Waals surface area contributed by atoms with Crippen molar-refractivity contribution in [2.75, 3.05) is 35.2 Å². The first kappa shape index (κ1) is 40.4. The van der Waals surface area contributed by atoms with Gasteiger partial charge in [-0.25, -0.2) is 9.97 Å². The molecule has 63 heavy (non-hydrogen) atoms. The molecule has 2 saturated carbocycles. The summed E-state index contributed by atoms with van der Waals surface area (Å²) in [5.74, 6) is 0.423. The molecule has 330 valence electrons. The lowest BCUT2D eigenvalue weighted by molar-refractivity contribution is -0.149. The molecule has 15 nitrogen and oxygen atoms in total. The van der Waals surface area contributed by atoms with Crippen LogP contribution in [0.15, 0.2) is 84.7 Å². The average Bonchev–Trinajstić information content (AvgIpc) is 4.05. The van der Waals surface area contributed by atoms with Gasteiger partial charge in [0, 0.05) is 66.6 Å². The summed E-state index contributed by atoms with van der Waals surface area (Å²) < 4.78 is 2.28. The van der Waals surface area contributed by atoms with Crippen molar-refractivity contribution in [3.63, 3.8) is 0 Å². The first-order valence-corrected chi connectivity index (χ1v) is 23.4. The van der Waals surface area contributed by atoms with Crippen LogP contribution < -0.4 is 26.2 Å². The molecular formula is C48H59N11O4. The molecule has 6 fully saturated rings. The number of piperazine rings is 1. The second-order valence-corrected chi connectivity index (χ2v) is 19.0. The molecule has 2 bridgehead atoms. The number of nitrogens with one attached hydrogen (secondary N) is 4. The second kappa shape index (κ2) is 17.0. The van der Waals surface area contributed by atoms with Crippen molar-refractivity contribution in [1.29, 1.82) is 0 Å². The Morgan fingerprint density at radius 3 is 2.22 bits per heavy atom. The summed E-state index contributed by atoms with van der Waals surface area (Å²) in [7, 11) is 0. The molecule has 0 spiro atoms. The molecule has 2 aromatic carbocycles. The highest BCUT2D eigenvalue weighted by molar-refractivity contribution is 6.07. The van der Waals surface area contributed by atoms with Crippen LogP contribution >= 0.6 is 0 Å². The number of aromatic nitrogens is 4. The van der Waals surface area contributed by atoms with Gasteiger partial charge in [-0.2, -0.15) is 4.98 Å². The number of hydrogen-bond donors (Lipinski definition) is 6. The van der Waals surface area contributed by atoms with E-state index >= 15 is 0 Å². The highest BCUT2D eigenvalue weighted by Gasteiger charge is 2.51. The van der Waals surface area contributed by atoms with Gasteiger partial charge in [0.2, 0.25) is 23.7 Å². The minimum atomic E-state index is -1.14. The van der Waals surface area contributed by atoms with Crippen LogP contribution in [0.4, 0.5) is 29.0 Å². The van der Waals surface area contributed by atoms with Gasteiger partial charge in [-0.1, -0.05) is 37.1 Å². The second-order valence-electron chi connectivity index (χ2n) is 19.0. The quantitative estimate of drug-likeness (QED) is 0.102. The van der Waals surface area contributed by atoms with E-state index in [1.54, 1.807) is 0 Å². The van der Waals surface area contributed by atoms with E-state index in [4.69, 9.17) is 9.97 Å². The maximum absolute atomic E-state index is 13.5. The SMILES string of the molecule is O=C1C2C=CC(NC3CCC(CN4C5CCC4CN(c4ccc(Nc6ncc7nc(Nc8ccccc8)n(C8CCCC8)c7n6)cc4)C5)CC3)=CC2C(=O)N1C1CCC(O)NC1O. The third-order valence-corrected chi connectivity index (χ3v) is 15.0. The van der Waals surface area contributed by atoms with Crippen molar-refractivity contribution < 1.29 is 19.8 Å². The van der Waals surface area contributed by atoms with Crippen molar-refractivity contribution in [1.82, 2.24) is 40.0 Å². The number of amides is 2. The number of nitrogens with zero attached hydrogens (tertiary/aromatic N) is 7. The predicted molar refractivity (Wildman–Crippen MR) is 241 cm³/mol. The lowest BCUT2D eigenvalue weighted by atomic mass is 9.84. The number of carbonyl (C=O) groups is 2. The monoisotopic (exact) mass is 853 g/mol. The lowest BCUT2D eigenvalue weighted by Gasteiger charge is -2.44. The number of aliphatic hydroxyl groups excluding tert-OH is 2. The molecule has 7 unspecified atom stereocenters. The summed E-state index contributed by atoms with van der Waals surface area (Å²) in [4.78, 5) is 48.0. The Morgan fingerprint density at radius 1 is 0.746 bits per heavy atom. The van der Waals surface area contributed by atoms with Crippen LogP contribution in [0.3, 0.4) is 0 Å². The fourth-order valence-electron chi connectivity index (χ4n) is 11.7. The number of carbonyl (C=O) groups excluding carboxylic acids is 2. The Kier molecular flexibility index (Phi) is 10.9. The Bertz CT molecular complexity index is 2360. The van der Waals surface area contributed by atoms with Gasteiger partial charge in [0.15, 0.2) is 5.65 Å². The van der Waals surface area contributed by atoms with E-state index in [9.17, 15) is 19.8 Å². The summed E-state index contributed by atoms with van der Waals surface area (Å²) in [6, 6.07) is 20.1. The molecule has 4 saturated heterocycles. The third kappa shape index (κ3) is 7.98. The molecule has 4 aliphatic heterocycles. The predicted octanol–water partition coefficient (Wildman–Crippen LogP) is 5.67. The average molecular weight is 854 g/mol. The molecule has 0 radical (unpaired) electrons. The van der Waals surface area contributed by atoms with E-state index in [1.165, 1.54) is 49.1 Å². The van der Waals surface area contributed by atoms with Crippen molar-refractivity contribution >= 4 is 51.9 Å². The summed E-state index contributed by atoms with van der Waals surface area (Å²) >= 11 is 0. The van der Waals surface area contributed by atoms with Crippen molar-refractivity contribution in [3.05, 3.63) is 84.7 Å². The number of benzene rings is 2. The summed E-state index contributed by atoms with van der Waals surface area (Å²) in [6.45, 7) is 3.25. The van der Waals surface area contributed by atoms with E-state index in [-0.39, 0.29) is 11.8 Å². The number of fused-ring (bicyclic) bond motifs is 4. The van der Waals surface area contributed by atoms with E-state index < -0.39 is 30.3 Å². The van der Waals surface area contributed by atoms with Crippen molar-refractivity contribution in [3.8, 4) is 0 Å². The van der Waals surface area contributed by atoms with Gasteiger partial charge in [-0.05, 0) is 119 Å². The van der Waals surface area contributed by atoms with Gasteiger partial charge < -0.3 is 31.1 Å². The molecule has 6 N–H and O–H groups in total. The molecule has 3 aliphatic carbocycles. The standard InChI is InChI=1S/C48H59N11O4/c60-42-23-22-41(44(61)54-42)59-45(62)38-21-16-33(24-39(38)46(59)63)50-31-12-10-29(11-13-31)26-57-36-19-20-37(57)28-56(27-36)34-17-14-32(15-18-34)51-47-49-25-40-43(55-47)58(35-8-4-5-9-35)48(53-40)52-30-6-2-1-3-7-30/h1-3,6-7,14-18,21,24-25,29,31,35-39,41-42,44,50,54,60-61H,4-5,8-13,19-20,22-23,26-28H2,(H,52,53)(H,49,51,55). The van der Waals surface area contributed by atoms with Gasteiger partial charge in [0.1, 0.15) is 18.0 Å². The number of allylic oxidation sites excluding steroid dienone is 1. The number of piperidine rings is 1. The maximum Gasteiger partial charge on any atom is 0.237 e. The Labute approximate surface area is 368 Å². The molecule has 7 atom stereocenters. The smallest absolute Gasteiger partial charge is 0.237 e. The summed E-state index contributed by atoms with van der Waals surface area (Å²) in [5, 5.41) is 33.7. The van der Waals surface area contributed by atoms with E-state index in [0.29, 0.717) is 48.9 Å². The largest absolute Gasteiger partial charge is 0.383 e. The minimum absolute atomic E-state index is 0.266. The number of hydrogen-bond acceptors (Lipinski definition) is 13. The molecule has 2 aromatic heterocycles. The number of anilines is 5. The topological polar surface area (TPSA) is 176 Å². The zero-order chi connectivity index (χ0) is 42.6. The number of rotatable bonds is 11. The zero-order valence-corrected chi connectivity index (χ0v) is 35.7. The third-order valence-electron chi connectivity index (χ3n) is 15.0. The lowest BCUT2D eigenvalue weighted by Crippen LogP contribution is -2.58. The number of imide groups is 1. The van der Waals surface area contributed by atoms with Crippen LogP contribution in [-0.4, -0.2) is 108 Å². The maximum atomic E-state index is 13.5. The first-order valence-electron chi connectivity index (χ1n) is 23.4. The van der Waals surface area contributed by atoms with Crippen molar-refractivity contribution in [2.24, 2.45) is 17.8 Å². The fourth-order valence-corrected chi connectivity index (χ4v) is 11.7. The highest BCUT2D eigenvalue weighted by Crippen LogP contribution is 2.40. The molecule has 11 rings (SSSR count). The van der Waals surface area contributed by atoms with Crippen LogP contribution in [0.2, 0.25) is 0 Å². The van der Waals surface area contributed by atoms with Crippen LogP contribution in [-0.2, 0) is 9.59 Å². The highest BCUT2D eigenvalue weighted by atomic mass is 16.3. The Morgan fingerprint density at radius 2 is 1.48 bits per heavy atom.